The highest BCUT2D eigenvalue weighted by Crippen LogP contribution is 2.28. The molecule has 3 aromatic rings. The zero-order valence-electron chi connectivity index (χ0n) is 16.4. The first-order valence-corrected chi connectivity index (χ1v) is 9.94. The molecule has 148 valence electrons. The van der Waals surface area contributed by atoms with E-state index in [1.165, 1.54) is 0 Å². The molecule has 1 aliphatic heterocycles. The Kier molecular flexibility index (Phi) is 5.27. The van der Waals surface area contributed by atoms with Crippen molar-refractivity contribution in [3.63, 3.8) is 0 Å². The van der Waals surface area contributed by atoms with E-state index in [-0.39, 0.29) is 5.78 Å². The molecule has 3 aromatic heterocycles. The molecule has 1 saturated heterocycles. The average Bonchev–Trinajstić information content (AvgIpc) is 3.36. The van der Waals surface area contributed by atoms with Crippen LogP contribution in [0, 0.1) is 5.92 Å². The first-order valence-electron chi connectivity index (χ1n) is 9.94. The van der Waals surface area contributed by atoms with Gasteiger partial charge < -0.3 is 15.2 Å². The minimum absolute atomic E-state index is 0.223. The number of H-pyrrole nitrogens is 1. The van der Waals surface area contributed by atoms with Crippen LogP contribution in [0.4, 0.5) is 11.6 Å². The molecule has 28 heavy (non-hydrogen) atoms. The molecule has 1 unspecified atom stereocenters. The highest BCUT2D eigenvalue weighted by atomic mass is 16.1. The van der Waals surface area contributed by atoms with Gasteiger partial charge in [-0.2, -0.15) is 5.10 Å². The Morgan fingerprint density at radius 1 is 1.36 bits per heavy atom. The van der Waals surface area contributed by atoms with E-state index in [1.54, 1.807) is 6.33 Å². The Balaban J connectivity index is 1.33. The van der Waals surface area contributed by atoms with Gasteiger partial charge in [0.1, 0.15) is 23.6 Å². The Hall–Kier alpha value is -2.90. The lowest BCUT2D eigenvalue weighted by Gasteiger charge is -2.33. The summed E-state index contributed by atoms with van der Waals surface area (Å²) in [4.78, 5) is 26.7. The Labute approximate surface area is 164 Å². The third-order valence-electron chi connectivity index (χ3n) is 5.27. The lowest BCUT2D eigenvalue weighted by Crippen LogP contribution is -2.37. The fourth-order valence-electron chi connectivity index (χ4n) is 3.84. The number of carbonyl (C=O) groups is 1. The van der Waals surface area contributed by atoms with Crippen LogP contribution in [0.25, 0.3) is 11.0 Å². The van der Waals surface area contributed by atoms with Gasteiger partial charge >= 0.3 is 0 Å². The molecule has 4 rings (SSSR count). The molecule has 1 aliphatic rings. The molecule has 1 fully saturated rings. The van der Waals surface area contributed by atoms with Gasteiger partial charge in [-0.15, -0.1) is 0 Å². The van der Waals surface area contributed by atoms with Crippen molar-refractivity contribution >= 4 is 28.5 Å². The number of nitrogens with one attached hydrogen (secondary N) is 2. The van der Waals surface area contributed by atoms with E-state index < -0.39 is 0 Å². The summed E-state index contributed by atoms with van der Waals surface area (Å²) in [6.45, 7) is 6.30. The normalized spacial score (nSPS) is 17.4. The predicted molar refractivity (Wildman–Crippen MR) is 110 cm³/mol. The van der Waals surface area contributed by atoms with Crippen molar-refractivity contribution in [3.8, 4) is 0 Å². The fourth-order valence-corrected chi connectivity index (χ4v) is 3.84. The van der Waals surface area contributed by atoms with Crippen molar-refractivity contribution in [2.45, 2.75) is 39.2 Å². The zero-order valence-corrected chi connectivity index (χ0v) is 16.4. The van der Waals surface area contributed by atoms with E-state index in [0.717, 1.165) is 48.6 Å². The van der Waals surface area contributed by atoms with Crippen LogP contribution >= 0.6 is 0 Å². The molecule has 8 nitrogen and oxygen atoms in total. The van der Waals surface area contributed by atoms with Gasteiger partial charge in [-0.25, -0.2) is 9.97 Å². The lowest BCUT2D eigenvalue weighted by atomic mass is 9.92. The van der Waals surface area contributed by atoms with Gasteiger partial charge in [0.15, 0.2) is 5.78 Å². The highest BCUT2D eigenvalue weighted by Gasteiger charge is 2.24. The van der Waals surface area contributed by atoms with Gasteiger partial charge in [0.2, 0.25) is 0 Å². The van der Waals surface area contributed by atoms with E-state index >= 15 is 0 Å². The Morgan fingerprint density at radius 2 is 2.25 bits per heavy atom. The van der Waals surface area contributed by atoms with Crippen LogP contribution in [-0.2, 0) is 4.79 Å². The number of anilines is 2. The molecule has 0 amide bonds. The van der Waals surface area contributed by atoms with Gasteiger partial charge in [0.25, 0.3) is 0 Å². The second-order valence-corrected chi connectivity index (χ2v) is 7.76. The van der Waals surface area contributed by atoms with Crippen molar-refractivity contribution in [1.29, 1.82) is 0 Å². The summed E-state index contributed by atoms with van der Waals surface area (Å²) >= 11 is 0. The predicted octanol–water partition coefficient (Wildman–Crippen LogP) is 3.02. The zero-order chi connectivity index (χ0) is 19.5. The van der Waals surface area contributed by atoms with Crippen molar-refractivity contribution in [1.82, 2.24) is 24.7 Å². The number of piperidine rings is 1. The monoisotopic (exact) mass is 381 g/mol. The molecule has 0 bridgehead atoms. The van der Waals surface area contributed by atoms with Crippen LogP contribution in [0.2, 0.25) is 0 Å². The topological polar surface area (TPSA) is 91.7 Å². The van der Waals surface area contributed by atoms with Crippen LogP contribution in [0.1, 0.15) is 39.2 Å². The number of hydrogen-bond acceptors (Lipinski definition) is 6. The molecule has 0 spiro atoms. The standard InChI is InChI=1S/C20H27N7O/c1-14(2)27-9-6-18(25-27)22-11-16(28)10-15-4-3-8-26(12-15)20-17-5-7-21-19(17)23-13-24-20/h5-7,9,13-15H,3-4,8,10-12H2,1-2H3,(H,22,25)(H,21,23,24). The number of fused-ring (bicyclic) bond motifs is 1. The van der Waals surface area contributed by atoms with Crippen molar-refractivity contribution in [3.05, 3.63) is 30.9 Å². The van der Waals surface area contributed by atoms with Crippen LogP contribution in [0.3, 0.4) is 0 Å². The maximum atomic E-state index is 12.5. The fraction of sp³-hybridized carbons (Fsp3) is 0.500. The Bertz CT molecular complexity index is 945. The van der Waals surface area contributed by atoms with Crippen molar-refractivity contribution in [2.75, 3.05) is 29.9 Å². The van der Waals surface area contributed by atoms with Crippen LogP contribution in [-0.4, -0.2) is 50.1 Å². The van der Waals surface area contributed by atoms with Gasteiger partial charge in [0.05, 0.1) is 11.9 Å². The van der Waals surface area contributed by atoms with E-state index in [4.69, 9.17) is 0 Å². The summed E-state index contributed by atoms with van der Waals surface area (Å²) in [7, 11) is 0. The number of ketones is 1. The molecular weight excluding hydrogens is 354 g/mol. The molecule has 0 aliphatic carbocycles. The number of aromatic amines is 1. The van der Waals surface area contributed by atoms with Crippen LogP contribution in [0.5, 0.6) is 0 Å². The summed E-state index contributed by atoms with van der Waals surface area (Å²) < 4.78 is 1.88. The Morgan fingerprint density at radius 3 is 3.07 bits per heavy atom. The lowest BCUT2D eigenvalue weighted by molar-refractivity contribution is -0.118. The molecule has 0 radical (unpaired) electrons. The average molecular weight is 381 g/mol. The van der Waals surface area contributed by atoms with E-state index in [9.17, 15) is 4.79 Å². The summed E-state index contributed by atoms with van der Waals surface area (Å²) in [5, 5.41) is 8.62. The number of hydrogen-bond donors (Lipinski definition) is 2. The molecule has 8 heteroatoms. The molecule has 0 aromatic carbocycles. The quantitative estimate of drug-likeness (QED) is 0.654. The van der Waals surface area contributed by atoms with Gasteiger partial charge in [0, 0.05) is 44.0 Å². The minimum atomic E-state index is 0.223. The third kappa shape index (κ3) is 4.00. The van der Waals surface area contributed by atoms with E-state index in [1.807, 2.05) is 29.2 Å². The second-order valence-electron chi connectivity index (χ2n) is 7.76. The first-order chi connectivity index (χ1) is 13.6. The van der Waals surface area contributed by atoms with Crippen molar-refractivity contribution in [2.24, 2.45) is 5.92 Å². The number of aromatic nitrogens is 5. The van der Waals surface area contributed by atoms with E-state index in [2.05, 4.69) is 44.1 Å². The SMILES string of the molecule is CC(C)n1ccc(NCC(=O)CC2CCCN(c3ncnc4[nH]ccc34)C2)n1. The molecule has 1 atom stereocenters. The van der Waals surface area contributed by atoms with Gasteiger partial charge in [-0.05, 0) is 38.7 Å². The van der Waals surface area contributed by atoms with Crippen molar-refractivity contribution < 1.29 is 4.79 Å². The van der Waals surface area contributed by atoms with Gasteiger partial charge in [-0.3, -0.25) is 9.48 Å². The van der Waals surface area contributed by atoms with Gasteiger partial charge in [-0.1, -0.05) is 0 Å². The minimum Gasteiger partial charge on any atom is -0.362 e. The summed E-state index contributed by atoms with van der Waals surface area (Å²) in [6.07, 6.45) is 8.14. The number of nitrogens with zero attached hydrogens (tertiary/aromatic N) is 5. The highest BCUT2D eigenvalue weighted by molar-refractivity contribution is 5.87. The summed E-state index contributed by atoms with van der Waals surface area (Å²) in [5.41, 5.74) is 0.855. The first kappa shape index (κ1) is 18.5. The maximum Gasteiger partial charge on any atom is 0.152 e. The third-order valence-corrected chi connectivity index (χ3v) is 5.27. The molecule has 0 saturated carbocycles. The second kappa shape index (κ2) is 8.00. The van der Waals surface area contributed by atoms with Crippen LogP contribution < -0.4 is 10.2 Å². The smallest absolute Gasteiger partial charge is 0.152 e. The number of carbonyl (C=O) groups excluding carboxylic acids is 1. The summed E-state index contributed by atoms with van der Waals surface area (Å²) in [5.74, 6) is 2.28. The molecule has 4 heterocycles. The van der Waals surface area contributed by atoms with Crippen LogP contribution in [0.15, 0.2) is 30.9 Å². The number of Topliss-reactive ketones (excluding diaryl/α,β-unsaturated/α-hetero) is 1. The molecular formula is C20H27N7O. The molecule has 2 N–H and O–H groups in total. The number of rotatable bonds is 7. The summed E-state index contributed by atoms with van der Waals surface area (Å²) in [6, 6.07) is 4.24. The van der Waals surface area contributed by atoms with E-state index in [0.29, 0.717) is 24.9 Å². The largest absolute Gasteiger partial charge is 0.362 e. The maximum absolute atomic E-state index is 12.5.